The maximum absolute atomic E-state index is 11.7. The van der Waals surface area contributed by atoms with Gasteiger partial charge in [0.15, 0.2) is 6.29 Å². The van der Waals surface area contributed by atoms with Gasteiger partial charge in [-0.3, -0.25) is 10.1 Å². The van der Waals surface area contributed by atoms with Crippen molar-refractivity contribution in [2.75, 3.05) is 18.5 Å². The van der Waals surface area contributed by atoms with Gasteiger partial charge < -0.3 is 34.5 Å². The number of carbonyl (C=O) groups excluding carboxylic acids is 1. The molecule has 5 N–H and O–H groups in total. The molecule has 11 nitrogen and oxygen atoms in total. The molecule has 0 bridgehead atoms. The summed E-state index contributed by atoms with van der Waals surface area (Å²) in [7, 11) is 0. The van der Waals surface area contributed by atoms with Crippen molar-refractivity contribution >= 4 is 17.9 Å². The monoisotopic (exact) mass is 387 g/mol. The van der Waals surface area contributed by atoms with Crippen molar-refractivity contribution in [2.24, 2.45) is 5.92 Å². The number of hydrogen-bond donors (Lipinski definition) is 5. The molecule has 11 heteroatoms. The van der Waals surface area contributed by atoms with Gasteiger partial charge in [-0.2, -0.15) is 0 Å². The number of nitrogens with zero attached hydrogens (tertiary/aromatic N) is 1. The Morgan fingerprint density at radius 2 is 2.11 bits per heavy atom. The number of aliphatic hydroxyl groups is 2. The third-order valence-electron chi connectivity index (χ3n) is 4.19. The van der Waals surface area contributed by atoms with Crippen molar-refractivity contribution in [3.8, 4) is 0 Å². The van der Waals surface area contributed by atoms with Crippen molar-refractivity contribution in [2.45, 2.75) is 50.8 Å². The Labute approximate surface area is 155 Å². The molecule has 1 fully saturated rings. The van der Waals surface area contributed by atoms with E-state index in [0.29, 0.717) is 18.7 Å². The Morgan fingerprint density at radius 1 is 1.33 bits per heavy atom. The minimum absolute atomic E-state index is 0.0493. The number of anilines is 1. The first-order valence-electron chi connectivity index (χ1n) is 8.65. The fraction of sp³-hybridized carbons (Fsp3) is 0.688. The van der Waals surface area contributed by atoms with Crippen molar-refractivity contribution in [1.82, 2.24) is 9.97 Å². The summed E-state index contributed by atoms with van der Waals surface area (Å²) in [6.45, 7) is 1.63. The number of aromatic nitrogens is 2. The highest BCUT2D eigenvalue weighted by molar-refractivity contribution is 5.83. The normalized spacial score (nSPS) is 27.9. The molecule has 1 aromatic heterocycles. The lowest BCUT2D eigenvalue weighted by molar-refractivity contribution is -0.282. The van der Waals surface area contributed by atoms with Gasteiger partial charge in [0.1, 0.15) is 24.6 Å². The zero-order valence-electron chi connectivity index (χ0n) is 14.9. The van der Waals surface area contributed by atoms with Crippen LogP contribution >= 0.6 is 0 Å². The Kier molecular flexibility index (Phi) is 7.98. The van der Waals surface area contributed by atoms with Crippen LogP contribution in [0.2, 0.25) is 0 Å². The zero-order valence-corrected chi connectivity index (χ0v) is 14.9. The van der Waals surface area contributed by atoms with Gasteiger partial charge in [0.25, 0.3) is 0 Å². The van der Waals surface area contributed by atoms with Crippen LogP contribution < -0.4 is 5.32 Å². The maximum Gasteiger partial charge on any atom is 0.412 e. The minimum atomic E-state index is -1.24. The second-order valence-corrected chi connectivity index (χ2v) is 6.29. The minimum Gasteiger partial charge on any atom is -0.481 e. The van der Waals surface area contributed by atoms with Gasteiger partial charge in [0.2, 0.25) is 0 Å². The number of hydrogen-bond acceptors (Lipinski definition) is 8. The SMILES string of the molecule is CC1C(OCCCCC(=O)O)OC(COC(=O)Nc2cnc[nH]2)C(O)C1O. The molecule has 5 unspecified atom stereocenters. The number of aliphatic carboxylic acids is 1. The molecule has 0 radical (unpaired) electrons. The summed E-state index contributed by atoms with van der Waals surface area (Å²) in [5, 5.41) is 31.3. The van der Waals surface area contributed by atoms with Gasteiger partial charge in [-0.15, -0.1) is 0 Å². The Hall–Kier alpha value is -2.21. The molecule has 27 heavy (non-hydrogen) atoms. The van der Waals surface area contributed by atoms with Crippen LogP contribution in [0.15, 0.2) is 12.5 Å². The highest BCUT2D eigenvalue weighted by Crippen LogP contribution is 2.27. The van der Waals surface area contributed by atoms with Crippen LogP contribution in [0.25, 0.3) is 0 Å². The number of amides is 1. The lowest BCUT2D eigenvalue weighted by atomic mass is 9.92. The van der Waals surface area contributed by atoms with E-state index < -0.39 is 42.6 Å². The first-order chi connectivity index (χ1) is 12.9. The molecule has 0 spiro atoms. The molecule has 0 saturated carbocycles. The van der Waals surface area contributed by atoms with Crippen molar-refractivity contribution in [1.29, 1.82) is 0 Å². The first kappa shape index (κ1) is 21.1. The van der Waals surface area contributed by atoms with E-state index in [1.807, 2.05) is 0 Å². The fourth-order valence-electron chi connectivity index (χ4n) is 2.60. The molecule has 2 rings (SSSR count). The molecule has 2 heterocycles. The molecule has 1 aromatic rings. The van der Waals surface area contributed by atoms with Gasteiger partial charge in [-0.05, 0) is 12.8 Å². The average molecular weight is 387 g/mol. The number of rotatable bonds is 9. The second-order valence-electron chi connectivity index (χ2n) is 6.29. The van der Waals surface area contributed by atoms with E-state index in [-0.39, 0.29) is 19.6 Å². The lowest BCUT2D eigenvalue weighted by Crippen LogP contribution is -2.55. The maximum atomic E-state index is 11.7. The number of carboxylic acids is 1. The highest BCUT2D eigenvalue weighted by Gasteiger charge is 2.43. The van der Waals surface area contributed by atoms with E-state index in [4.69, 9.17) is 19.3 Å². The van der Waals surface area contributed by atoms with E-state index in [9.17, 15) is 19.8 Å². The summed E-state index contributed by atoms with van der Waals surface area (Å²) >= 11 is 0. The zero-order chi connectivity index (χ0) is 19.8. The predicted molar refractivity (Wildman–Crippen MR) is 90.8 cm³/mol. The summed E-state index contributed by atoms with van der Waals surface area (Å²) in [4.78, 5) is 28.6. The number of ether oxygens (including phenoxy) is 3. The number of carboxylic acid groups (broad SMARTS) is 1. The summed E-state index contributed by atoms with van der Waals surface area (Å²) in [6.07, 6.45) is -1.09. The topological polar surface area (TPSA) is 163 Å². The summed E-state index contributed by atoms with van der Waals surface area (Å²) < 4.78 is 16.2. The summed E-state index contributed by atoms with van der Waals surface area (Å²) in [5.74, 6) is -1.03. The van der Waals surface area contributed by atoms with E-state index in [1.54, 1.807) is 6.92 Å². The van der Waals surface area contributed by atoms with Crippen LogP contribution in [0.1, 0.15) is 26.2 Å². The quantitative estimate of drug-likeness (QED) is 0.375. The highest BCUT2D eigenvalue weighted by atomic mass is 16.7. The first-order valence-corrected chi connectivity index (χ1v) is 8.65. The van der Waals surface area contributed by atoms with Crippen LogP contribution in [0.3, 0.4) is 0 Å². The number of imidazole rings is 1. The fourth-order valence-corrected chi connectivity index (χ4v) is 2.60. The number of unbranched alkanes of at least 4 members (excludes halogenated alkanes) is 1. The second kappa shape index (κ2) is 10.2. The number of aromatic amines is 1. The number of nitrogens with one attached hydrogen (secondary N) is 2. The van der Waals surface area contributed by atoms with Gasteiger partial charge in [0.05, 0.1) is 18.6 Å². The van der Waals surface area contributed by atoms with Crippen LogP contribution in [-0.4, -0.2) is 75.2 Å². The van der Waals surface area contributed by atoms with Gasteiger partial charge in [0, 0.05) is 18.9 Å². The van der Waals surface area contributed by atoms with E-state index in [0.717, 1.165) is 0 Å². The van der Waals surface area contributed by atoms with Crippen LogP contribution in [0, 0.1) is 5.92 Å². The Balaban J connectivity index is 1.78. The van der Waals surface area contributed by atoms with Gasteiger partial charge >= 0.3 is 12.1 Å². The van der Waals surface area contributed by atoms with Crippen molar-refractivity contribution in [3.05, 3.63) is 12.5 Å². The van der Waals surface area contributed by atoms with Crippen LogP contribution in [0.5, 0.6) is 0 Å². The van der Waals surface area contributed by atoms with Crippen molar-refractivity contribution in [3.63, 3.8) is 0 Å². The lowest BCUT2D eigenvalue weighted by Gasteiger charge is -2.41. The van der Waals surface area contributed by atoms with Gasteiger partial charge in [-0.1, -0.05) is 6.92 Å². The molecule has 1 amide bonds. The van der Waals surface area contributed by atoms with Crippen molar-refractivity contribution < 1.29 is 39.1 Å². The largest absolute Gasteiger partial charge is 0.481 e. The Morgan fingerprint density at radius 3 is 2.78 bits per heavy atom. The van der Waals surface area contributed by atoms with Gasteiger partial charge in [-0.25, -0.2) is 9.78 Å². The summed E-state index contributed by atoms with van der Waals surface area (Å²) in [5.41, 5.74) is 0. The van der Waals surface area contributed by atoms with Crippen LogP contribution in [-0.2, 0) is 19.0 Å². The molecular formula is C16H25N3O8. The number of carbonyl (C=O) groups is 2. The van der Waals surface area contributed by atoms with E-state index in [1.165, 1.54) is 12.5 Å². The third-order valence-corrected chi connectivity index (χ3v) is 4.19. The standard InChI is InChI=1S/C16H25N3O8/c1-9-13(22)14(23)10(7-26-16(24)19-11-6-17-8-18-11)27-15(9)25-5-3-2-4-12(20)21/h6,8-10,13-15,22-23H,2-5,7H2,1H3,(H,17,18)(H,19,24)(H,20,21). The third kappa shape index (κ3) is 6.47. The average Bonchev–Trinajstić information content (AvgIpc) is 3.13. The van der Waals surface area contributed by atoms with E-state index in [2.05, 4.69) is 15.3 Å². The number of aliphatic hydroxyl groups excluding tert-OH is 2. The van der Waals surface area contributed by atoms with E-state index >= 15 is 0 Å². The smallest absolute Gasteiger partial charge is 0.412 e. The molecule has 1 saturated heterocycles. The molecular weight excluding hydrogens is 362 g/mol. The molecule has 1 aliphatic rings. The molecule has 0 aromatic carbocycles. The molecule has 5 atom stereocenters. The summed E-state index contributed by atoms with van der Waals surface area (Å²) in [6, 6.07) is 0. The molecule has 152 valence electrons. The Bertz CT molecular complexity index is 596. The van der Waals surface area contributed by atoms with Crippen LogP contribution in [0.4, 0.5) is 10.6 Å². The molecule has 0 aliphatic carbocycles. The number of H-pyrrole nitrogens is 1. The predicted octanol–water partition coefficient (Wildman–Crippen LogP) is 0.313. The molecule has 1 aliphatic heterocycles.